The molecule has 0 bridgehead atoms. The van der Waals surface area contributed by atoms with Crippen molar-refractivity contribution in [3.63, 3.8) is 0 Å². The number of benzene rings is 2. The molecule has 1 atom stereocenters. The minimum atomic E-state index is -1.11. The van der Waals surface area contributed by atoms with Gasteiger partial charge in [-0.25, -0.2) is 14.6 Å². The molecule has 0 saturated carbocycles. The fourth-order valence-corrected chi connectivity index (χ4v) is 5.63. The predicted molar refractivity (Wildman–Crippen MR) is 155 cm³/mol. The first kappa shape index (κ1) is 30.4. The predicted octanol–water partition coefficient (Wildman–Crippen LogP) is 3.07. The topological polar surface area (TPSA) is 135 Å². The molecule has 0 saturated heterocycles. The number of methoxy groups -OCH3 is 1. The summed E-state index contributed by atoms with van der Waals surface area (Å²) in [6, 6.07) is 9.38. The van der Waals surface area contributed by atoms with Crippen molar-refractivity contribution in [2.45, 2.75) is 33.7 Å². The zero-order valence-corrected chi connectivity index (χ0v) is 24.8. The molecule has 0 amide bonds. The molecule has 0 spiro atoms. The Hall–Kier alpha value is -4.58. The first-order valence-corrected chi connectivity index (χ1v) is 14.2. The van der Waals surface area contributed by atoms with E-state index in [0.29, 0.717) is 56.6 Å². The Balaban J connectivity index is 1.92. The van der Waals surface area contributed by atoms with E-state index in [1.807, 2.05) is 6.92 Å². The van der Waals surface area contributed by atoms with Crippen molar-refractivity contribution in [2.75, 3.05) is 33.5 Å². The average molecular weight is 597 g/mol. The largest absolute Gasteiger partial charge is 0.493 e. The number of carboxylic acids is 1. The molecule has 0 aliphatic carbocycles. The molecule has 11 nitrogen and oxygen atoms in total. The van der Waals surface area contributed by atoms with Crippen LogP contribution in [0.15, 0.2) is 57.5 Å². The van der Waals surface area contributed by atoms with Crippen LogP contribution >= 0.6 is 11.3 Å². The Bertz CT molecular complexity index is 1700. The van der Waals surface area contributed by atoms with Crippen LogP contribution in [0.25, 0.3) is 6.08 Å². The van der Waals surface area contributed by atoms with Crippen LogP contribution in [0.5, 0.6) is 23.0 Å². The second-order valence-electron chi connectivity index (χ2n) is 8.94. The molecule has 2 aromatic carbocycles. The molecule has 0 unspecified atom stereocenters. The van der Waals surface area contributed by atoms with E-state index < -0.39 is 24.6 Å². The Morgan fingerprint density at radius 3 is 2.45 bits per heavy atom. The molecule has 1 N–H and O–H groups in total. The van der Waals surface area contributed by atoms with Crippen LogP contribution in [-0.4, -0.2) is 55.1 Å². The number of hydrogen-bond acceptors (Lipinski definition) is 10. The number of thiazole rings is 1. The molecule has 12 heteroatoms. The van der Waals surface area contributed by atoms with E-state index >= 15 is 0 Å². The third kappa shape index (κ3) is 6.18. The molecule has 0 fully saturated rings. The minimum Gasteiger partial charge on any atom is -0.493 e. The normalized spacial score (nSPS) is 14.6. The fourth-order valence-electron chi connectivity index (χ4n) is 4.59. The summed E-state index contributed by atoms with van der Waals surface area (Å²) in [5, 5.41) is 8.97. The van der Waals surface area contributed by atoms with Crippen LogP contribution in [0.4, 0.5) is 0 Å². The van der Waals surface area contributed by atoms with E-state index in [4.69, 9.17) is 28.8 Å². The van der Waals surface area contributed by atoms with Gasteiger partial charge in [-0.2, -0.15) is 0 Å². The number of aliphatic carboxylic acids is 1. The summed E-state index contributed by atoms with van der Waals surface area (Å²) >= 11 is 1.17. The number of carbonyl (C=O) groups excluding carboxylic acids is 1. The molecular weight excluding hydrogens is 564 g/mol. The first-order valence-electron chi connectivity index (χ1n) is 13.3. The first-order chi connectivity index (χ1) is 20.2. The van der Waals surface area contributed by atoms with Gasteiger partial charge in [-0.1, -0.05) is 29.5 Å². The number of ether oxygens (including phenoxy) is 5. The van der Waals surface area contributed by atoms with Gasteiger partial charge in [0, 0.05) is 5.56 Å². The van der Waals surface area contributed by atoms with Crippen molar-refractivity contribution >= 4 is 29.4 Å². The fraction of sp³-hybridized carbons (Fsp3) is 0.333. The Kier molecular flexibility index (Phi) is 9.68. The van der Waals surface area contributed by atoms with E-state index in [0.717, 1.165) is 0 Å². The van der Waals surface area contributed by atoms with Gasteiger partial charge in [0.1, 0.15) is 6.04 Å². The number of carbonyl (C=O) groups is 2. The number of hydrogen-bond donors (Lipinski definition) is 1. The van der Waals surface area contributed by atoms with Crippen LogP contribution in [-0.2, 0) is 14.3 Å². The van der Waals surface area contributed by atoms with Crippen LogP contribution in [0.1, 0.15) is 44.9 Å². The second-order valence-corrected chi connectivity index (χ2v) is 9.94. The number of para-hydroxylation sites is 1. The number of rotatable bonds is 12. The summed E-state index contributed by atoms with van der Waals surface area (Å²) < 4.78 is 29.7. The smallest absolute Gasteiger partial charge is 0.341 e. The summed E-state index contributed by atoms with van der Waals surface area (Å²) in [4.78, 5) is 43.3. The number of nitrogens with zero attached hydrogens (tertiary/aromatic N) is 2. The standard InChI is InChI=1S/C30H32N2O9S/c1-6-38-22-14-18(12-13-20(22)41-16-24(33)34)15-23-28(35)32-26(19-10-9-11-21(37-5)27(19)39-7-2)25(29(36)40-8-3)17(4)31-30(32)42-23/h9-15,26H,6-8,16H2,1-5H3,(H,33,34)/b23-15+/t26-/m1/s1. The van der Waals surface area contributed by atoms with E-state index in [-0.39, 0.29) is 23.5 Å². The lowest BCUT2D eigenvalue weighted by Crippen LogP contribution is -2.40. The highest BCUT2D eigenvalue weighted by atomic mass is 32.1. The maximum absolute atomic E-state index is 14.0. The SMILES string of the molecule is CCOC(=O)C1=C(C)N=c2s/c(=C/c3ccc(OCC(=O)O)c(OCC)c3)c(=O)n2[C@@H]1c1cccc(OC)c1OCC. The Morgan fingerprint density at radius 2 is 1.79 bits per heavy atom. The third-order valence-electron chi connectivity index (χ3n) is 6.25. The van der Waals surface area contributed by atoms with Gasteiger partial charge >= 0.3 is 11.9 Å². The van der Waals surface area contributed by atoms with Crippen LogP contribution in [0.2, 0.25) is 0 Å². The van der Waals surface area contributed by atoms with Gasteiger partial charge in [0.15, 0.2) is 34.4 Å². The van der Waals surface area contributed by atoms with Gasteiger partial charge in [-0.3, -0.25) is 9.36 Å². The molecule has 3 aromatic rings. The lowest BCUT2D eigenvalue weighted by Gasteiger charge is -2.26. The lowest BCUT2D eigenvalue weighted by atomic mass is 9.94. The summed E-state index contributed by atoms with van der Waals surface area (Å²) in [5.41, 5.74) is 1.46. The van der Waals surface area contributed by atoms with E-state index in [2.05, 4.69) is 4.99 Å². The van der Waals surface area contributed by atoms with Gasteiger partial charge in [0.05, 0.1) is 42.7 Å². The van der Waals surface area contributed by atoms with Crippen LogP contribution in [0, 0.1) is 0 Å². The zero-order chi connectivity index (χ0) is 30.4. The van der Waals surface area contributed by atoms with Gasteiger partial charge in [-0.05, 0) is 57.5 Å². The molecule has 1 aromatic heterocycles. The summed E-state index contributed by atoms with van der Waals surface area (Å²) in [6.45, 7) is 7.35. The van der Waals surface area contributed by atoms with E-state index in [1.165, 1.54) is 23.0 Å². The average Bonchev–Trinajstić information content (AvgIpc) is 3.26. The Morgan fingerprint density at radius 1 is 1.02 bits per heavy atom. The van der Waals surface area contributed by atoms with Gasteiger partial charge in [0.25, 0.3) is 5.56 Å². The van der Waals surface area contributed by atoms with Crippen molar-refractivity contribution in [2.24, 2.45) is 4.99 Å². The number of esters is 1. The van der Waals surface area contributed by atoms with Crippen molar-refractivity contribution in [1.82, 2.24) is 4.57 Å². The molecule has 4 rings (SSSR count). The number of aromatic nitrogens is 1. The zero-order valence-electron chi connectivity index (χ0n) is 24.0. The summed E-state index contributed by atoms with van der Waals surface area (Å²) in [6.07, 6.45) is 1.68. The highest BCUT2D eigenvalue weighted by Gasteiger charge is 2.36. The van der Waals surface area contributed by atoms with Crippen LogP contribution < -0.4 is 33.8 Å². The van der Waals surface area contributed by atoms with Crippen molar-refractivity contribution in [3.8, 4) is 23.0 Å². The maximum atomic E-state index is 14.0. The number of carboxylic acid groups (broad SMARTS) is 1. The highest BCUT2D eigenvalue weighted by Crippen LogP contribution is 2.40. The van der Waals surface area contributed by atoms with E-state index in [1.54, 1.807) is 63.2 Å². The molecule has 1 aliphatic heterocycles. The number of fused-ring (bicyclic) bond motifs is 1. The van der Waals surface area contributed by atoms with Gasteiger partial charge in [0.2, 0.25) is 0 Å². The highest BCUT2D eigenvalue weighted by molar-refractivity contribution is 7.07. The monoisotopic (exact) mass is 596 g/mol. The molecule has 42 heavy (non-hydrogen) atoms. The van der Waals surface area contributed by atoms with Crippen molar-refractivity contribution < 1.29 is 38.4 Å². The summed E-state index contributed by atoms with van der Waals surface area (Å²) in [7, 11) is 1.52. The molecule has 2 heterocycles. The minimum absolute atomic E-state index is 0.150. The Labute approximate surface area is 245 Å². The molecule has 0 radical (unpaired) electrons. The molecular formula is C30H32N2O9S. The van der Waals surface area contributed by atoms with Crippen LogP contribution in [0.3, 0.4) is 0 Å². The van der Waals surface area contributed by atoms with E-state index in [9.17, 15) is 14.4 Å². The summed E-state index contributed by atoms with van der Waals surface area (Å²) in [5.74, 6) is -0.204. The number of allylic oxidation sites excluding steroid dienone is 1. The quantitative estimate of drug-likeness (QED) is 0.313. The molecule has 222 valence electrons. The van der Waals surface area contributed by atoms with Crippen molar-refractivity contribution in [1.29, 1.82) is 0 Å². The third-order valence-corrected chi connectivity index (χ3v) is 7.23. The lowest BCUT2D eigenvalue weighted by molar-refractivity contribution is -0.140. The maximum Gasteiger partial charge on any atom is 0.341 e. The second kappa shape index (κ2) is 13.4. The van der Waals surface area contributed by atoms with Crippen molar-refractivity contribution in [3.05, 3.63) is 78.5 Å². The molecule has 1 aliphatic rings. The van der Waals surface area contributed by atoms with Gasteiger partial charge < -0.3 is 28.8 Å². The van der Waals surface area contributed by atoms with Gasteiger partial charge in [-0.15, -0.1) is 0 Å².